The monoisotopic (exact) mass is 414 g/mol. The highest BCUT2D eigenvalue weighted by Gasteiger charge is 2.28. The molecule has 166 valence electrons. The molecule has 9 nitrogen and oxygen atoms in total. The molecule has 4 unspecified atom stereocenters. The summed E-state index contributed by atoms with van der Waals surface area (Å²) in [6, 6.07) is -2.18. The number of nitro groups is 2. The topological polar surface area (TPSA) is 144 Å². The van der Waals surface area contributed by atoms with Gasteiger partial charge in [0.1, 0.15) is 18.5 Å². The molecule has 0 aromatic carbocycles. The smallest absolute Gasteiger partial charge is 0.242 e. The normalized spacial score (nSPS) is 16.0. The molecule has 0 aliphatic heterocycles. The van der Waals surface area contributed by atoms with Crippen LogP contribution in [0.2, 0.25) is 0 Å². The summed E-state index contributed by atoms with van der Waals surface area (Å²) in [5.41, 5.74) is 0. The first kappa shape index (κ1) is 26.9. The van der Waals surface area contributed by atoms with Gasteiger partial charge < -0.3 is 15.0 Å². The minimum absolute atomic E-state index is 0.0399. The van der Waals surface area contributed by atoms with Gasteiger partial charge in [-0.3, -0.25) is 20.2 Å². The molecule has 9 heteroatoms. The maximum absolute atomic E-state index is 11.2. The predicted octanol–water partition coefficient (Wildman–Crippen LogP) is 3.23. The second kappa shape index (κ2) is 16.8. The maximum Gasteiger partial charge on any atom is 0.242 e. The van der Waals surface area contributed by atoms with Gasteiger partial charge in [-0.1, -0.05) is 44.1 Å². The van der Waals surface area contributed by atoms with E-state index in [-0.39, 0.29) is 25.7 Å². The number of aliphatic hydroxyl groups excluding tert-OH is 2. The van der Waals surface area contributed by atoms with E-state index in [0.29, 0.717) is 6.42 Å². The number of aliphatic hydroxyl groups is 2. The molecule has 0 aromatic rings. The highest BCUT2D eigenvalue weighted by Crippen LogP contribution is 2.12. The molecule has 4 atom stereocenters. The van der Waals surface area contributed by atoms with Crippen molar-refractivity contribution in [2.24, 2.45) is 0 Å². The minimum Gasteiger partial charge on any atom is -0.386 e. The quantitative estimate of drug-likeness (QED) is 0.115. The molecule has 0 amide bonds. The van der Waals surface area contributed by atoms with Crippen molar-refractivity contribution < 1.29 is 24.9 Å². The second-order valence-electron chi connectivity index (χ2n) is 7.06. The Hall–Kier alpha value is -2.13. The molecule has 0 rings (SSSR count). The predicted molar refractivity (Wildman–Crippen MR) is 110 cm³/mol. The number of allylic oxidation sites excluding steroid dienone is 1. The number of nitrogens with zero attached hydrogens (tertiary/aromatic N) is 2. The molecule has 0 bridgehead atoms. The Bertz CT molecular complexity index is 537. The van der Waals surface area contributed by atoms with E-state index in [9.17, 15) is 35.2 Å². The highest BCUT2D eigenvalue weighted by molar-refractivity contribution is 5.48. The van der Waals surface area contributed by atoms with Gasteiger partial charge in [-0.2, -0.15) is 0 Å². The number of hydrogen-bond acceptors (Lipinski definition) is 7. The number of rotatable bonds is 18. The molecular weight excluding hydrogens is 380 g/mol. The lowest BCUT2D eigenvalue weighted by Crippen LogP contribution is -2.33. The Morgan fingerprint density at radius 1 is 0.759 bits per heavy atom. The molecule has 0 aromatic heterocycles. The van der Waals surface area contributed by atoms with Gasteiger partial charge in [-0.15, -0.1) is 0 Å². The van der Waals surface area contributed by atoms with Gasteiger partial charge in [0.15, 0.2) is 0 Å². The van der Waals surface area contributed by atoms with Crippen LogP contribution >= 0.6 is 0 Å². The third-order valence-corrected chi connectivity index (χ3v) is 4.76. The van der Waals surface area contributed by atoms with E-state index in [1.165, 1.54) is 12.2 Å². The summed E-state index contributed by atoms with van der Waals surface area (Å²) in [4.78, 5) is 31.2. The molecule has 0 radical (unpaired) electrons. The Morgan fingerprint density at radius 3 is 1.72 bits per heavy atom. The van der Waals surface area contributed by atoms with E-state index >= 15 is 0 Å². The van der Waals surface area contributed by atoms with Crippen molar-refractivity contribution >= 4 is 6.29 Å². The van der Waals surface area contributed by atoms with Crippen LogP contribution in [0, 0.1) is 20.2 Å². The van der Waals surface area contributed by atoms with Gasteiger partial charge in [-0.05, 0) is 32.1 Å². The Labute approximate surface area is 171 Å². The Kier molecular flexibility index (Phi) is 15.6. The van der Waals surface area contributed by atoms with E-state index < -0.39 is 34.1 Å². The molecule has 2 N–H and O–H groups in total. The standard InChI is InChI=1S/C20H34N2O7/c1-2-17(21(26)27)19(24)14-10-11-15-20(25)18(22(28)29)13-9-7-5-3-4-6-8-12-16-23/h7,9-11,16-20,24-25H,2-6,8,12-15H2,1H3/b9-7-,11-10-. The van der Waals surface area contributed by atoms with E-state index in [4.69, 9.17) is 0 Å². The largest absolute Gasteiger partial charge is 0.386 e. The summed E-state index contributed by atoms with van der Waals surface area (Å²) in [5.74, 6) is 0. The summed E-state index contributed by atoms with van der Waals surface area (Å²) in [6.45, 7) is 1.62. The Morgan fingerprint density at radius 2 is 1.24 bits per heavy atom. The van der Waals surface area contributed by atoms with Crippen LogP contribution in [0.3, 0.4) is 0 Å². The lowest BCUT2D eigenvalue weighted by molar-refractivity contribution is -0.534. The van der Waals surface area contributed by atoms with Crippen LogP contribution in [0.25, 0.3) is 0 Å². The molecule has 0 saturated carbocycles. The summed E-state index contributed by atoms with van der Waals surface area (Å²) < 4.78 is 0. The fourth-order valence-electron chi connectivity index (χ4n) is 2.93. The molecule has 0 spiro atoms. The number of aldehydes is 1. The third kappa shape index (κ3) is 12.8. The zero-order valence-electron chi connectivity index (χ0n) is 17.1. The molecule has 0 saturated heterocycles. The average molecular weight is 414 g/mol. The van der Waals surface area contributed by atoms with Crippen LogP contribution in [-0.4, -0.2) is 50.6 Å². The average Bonchev–Trinajstić information content (AvgIpc) is 2.66. The first-order chi connectivity index (χ1) is 13.8. The van der Waals surface area contributed by atoms with Gasteiger partial charge in [0.25, 0.3) is 0 Å². The van der Waals surface area contributed by atoms with Crippen molar-refractivity contribution in [3.05, 3.63) is 44.5 Å². The molecule has 0 fully saturated rings. The van der Waals surface area contributed by atoms with E-state index in [0.717, 1.165) is 38.4 Å². The number of carbonyl (C=O) groups excluding carboxylic acids is 1. The van der Waals surface area contributed by atoms with Gasteiger partial charge in [-0.25, -0.2) is 0 Å². The molecule has 0 aliphatic carbocycles. The lowest BCUT2D eigenvalue weighted by Gasteiger charge is -2.14. The SMILES string of the molecule is CCC(C(O)C/C=C\CC(O)C(C/C=C\CCCCCCC=O)[N+](=O)[O-])[N+](=O)[O-]. The fourth-order valence-corrected chi connectivity index (χ4v) is 2.93. The van der Waals surface area contributed by atoms with E-state index in [2.05, 4.69) is 0 Å². The molecule has 29 heavy (non-hydrogen) atoms. The summed E-state index contributed by atoms with van der Waals surface area (Å²) in [7, 11) is 0. The van der Waals surface area contributed by atoms with E-state index in [1.807, 2.05) is 6.08 Å². The van der Waals surface area contributed by atoms with Gasteiger partial charge in [0, 0.05) is 29.1 Å². The Balaban J connectivity index is 4.27. The van der Waals surface area contributed by atoms with Crippen molar-refractivity contribution in [2.45, 2.75) is 95.4 Å². The van der Waals surface area contributed by atoms with Crippen LogP contribution in [-0.2, 0) is 4.79 Å². The zero-order valence-corrected chi connectivity index (χ0v) is 17.1. The highest BCUT2D eigenvalue weighted by atomic mass is 16.6. The zero-order chi connectivity index (χ0) is 22.1. The van der Waals surface area contributed by atoms with Crippen molar-refractivity contribution in [1.82, 2.24) is 0 Å². The summed E-state index contributed by atoms with van der Waals surface area (Å²) >= 11 is 0. The van der Waals surface area contributed by atoms with Crippen molar-refractivity contribution in [1.29, 1.82) is 0 Å². The van der Waals surface area contributed by atoms with Crippen LogP contribution in [0.5, 0.6) is 0 Å². The van der Waals surface area contributed by atoms with Crippen LogP contribution < -0.4 is 0 Å². The summed E-state index contributed by atoms with van der Waals surface area (Å²) in [6.07, 6.45) is 10.9. The minimum atomic E-state index is -1.18. The first-order valence-electron chi connectivity index (χ1n) is 10.2. The number of carbonyl (C=O) groups is 1. The van der Waals surface area contributed by atoms with Crippen LogP contribution in [0.15, 0.2) is 24.3 Å². The third-order valence-electron chi connectivity index (χ3n) is 4.76. The maximum atomic E-state index is 11.2. The van der Waals surface area contributed by atoms with Crippen LogP contribution in [0.1, 0.15) is 71.1 Å². The van der Waals surface area contributed by atoms with Crippen molar-refractivity contribution in [3.8, 4) is 0 Å². The van der Waals surface area contributed by atoms with Crippen molar-refractivity contribution in [2.75, 3.05) is 0 Å². The summed E-state index contributed by atoms with van der Waals surface area (Å²) in [5, 5.41) is 41.9. The molecule has 0 heterocycles. The number of hydrogen-bond donors (Lipinski definition) is 2. The lowest BCUT2D eigenvalue weighted by atomic mass is 10.0. The second-order valence-corrected chi connectivity index (χ2v) is 7.06. The van der Waals surface area contributed by atoms with Gasteiger partial charge in [0.2, 0.25) is 12.1 Å². The molecule has 0 aliphatic rings. The van der Waals surface area contributed by atoms with Crippen molar-refractivity contribution in [3.63, 3.8) is 0 Å². The van der Waals surface area contributed by atoms with Gasteiger partial charge >= 0.3 is 0 Å². The first-order valence-corrected chi connectivity index (χ1v) is 10.2. The van der Waals surface area contributed by atoms with Gasteiger partial charge in [0.05, 0.1) is 0 Å². The fraction of sp³-hybridized carbons (Fsp3) is 0.750. The molecular formula is C20H34N2O7. The van der Waals surface area contributed by atoms with E-state index in [1.54, 1.807) is 13.0 Å². The van der Waals surface area contributed by atoms with Crippen LogP contribution in [0.4, 0.5) is 0 Å². The number of unbranched alkanes of at least 4 members (excludes halogenated alkanes) is 5.